The molecule has 2 nitrogen and oxygen atoms in total. The fourth-order valence-electron chi connectivity index (χ4n) is 1.97. The van der Waals surface area contributed by atoms with Crippen molar-refractivity contribution >= 4 is 22.6 Å². The first-order chi connectivity index (χ1) is 6.07. The quantitative estimate of drug-likeness (QED) is 0.530. The van der Waals surface area contributed by atoms with E-state index in [4.69, 9.17) is 0 Å². The first-order valence-corrected chi connectivity index (χ1v) is 5.87. The summed E-state index contributed by atoms with van der Waals surface area (Å²) in [6.07, 6.45) is 3.79. The van der Waals surface area contributed by atoms with Gasteiger partial charge in [0.25, 0.3) is 0 Å². The van der Waals surface area contributed by atoms with E-state index in [9.17, 15) is 0 Å². The summed E-state index contributed by atoms with van der Waals surface area (Å²) in [5.41, 5.74) is 2.57. The van der Waals surface area contributed by atoms with E-state index in [1.165, 1.54) is 25.0 Å². The molecule has 1 aliphatic heterocycles. The molecule has 1 aliphatic rings. The zero-order valence-corrected chi connectivity index (χ0v) is 10.3. The summed E-state index contributed by atoms with van der Waals surface area (Å²) in [5, 5.41) is 4.52. The van der Waals surface area contributed by atoms with E-state index in [0.717, 1.165) is 12.2 Å². The Kier molecular flexibility index (Phi) is 2.38. The molecule has 0 N–H and O–H groups in total. The van der Waals surface area contributed by atoms with Crippen LogP contribution < -0.4 is 0 Å². The molecule has 0 bridgehead atoms. The van der Waals surface area contributed by atoms with Gasteiger partial charge in [0.2, 0.25) is 0 Å². The molecule has 1 unspecified atom stereocenters. The SMILES string of the molecule is Cc1cc2n(n1)CC(C)(I)CCC2. The third kappa shape index (κ3) is 2.06. The van der Waals surface area contributed by atoms with E-state index in [0.29, 0.717) is 3.42 Å². The zero-order chi connectivity index (χ0) is 9.47. The van der Waals surface area contributed by atoms with Gasteiger partial charge >= 0.3 is 0 Å². The fraction of sp³-hybridized carbons (Fsp3) is 0.700. The Morgan fingerprint density at radius 3 is 3.15 bits per heavy atom. The molecule has 0 saturated carbocycles. The molecule has 72 valence electrons. The highest BCUT2D eigenvalue weighted by molar-refractivity contribution is 14.1. The van der Waals surface area contributed by atoms with Crippen LogP contribution in [0, 0.1) is 6.92 Å². The van der Waals surface area contributed by atoms with Gasteiger partial charge < -0.3 is 0 Å². The molecule has 0 saturated heterocycles. The molecule has 0 aromatic carbocycles. The predicted molar refractivity (Wildman–Crippen MR) is 62.3 cm³/mol. The highest BCUT2D eigenvalue weighted by Gasteiger charge is 2.25. The molecule has 0 aliphatic carbocycles. The van der Waals surface area contributed by atoms with Crippen LogP contribution in [0.5, 0.6) is 0 Å². The normalized spacial score (nSPS) is 28.2. The van der Waals surface area contributed by atoms with Crippen molar-refractivity contribution in [3.8, 4) is 0 Å². The number of hydrogen-bond donors (Lipinski definition) is 0. The maximum absolute atomic E-state index is 4.52. The van der Waals surface area contributed by atoms with Crippen LogP contribution in [0.15, 0.2) is 6.07 Å². The first-order valence-electron chi connectivity index (χ1n) is 4.79. The molecule has 0 amide bonds. The van der Waals surface area contributed by atoms with Crippen LogP contribution in [0.2, 0.25) is 0 Å². The molecule has 0 radical (unpaired) electrons. The van der Waals surface area contributed by atoms with Crippen molar-refractivity contribution in [3.05, 3.63) is 17.5 Å². The molecular formula is C10H15IN2. The standard InChI is InChI=1S/C10H15IN2/c1-8-6-9-4-3-5-10(2,11)7-13(9)12-8/h6H,3-5,7H2,1-2H3. The lowest BCUT2D eigenvalue weighted by Crippen LogP contribution is -2.22. The number of aromatic nitrogens is 2. The van der Waals surface area contributed by atoms with Crippen LogP contribution in [0.4, 0.5) is 0 Å². The molecule has 13 heavy (non-hydrogen) atoms. The molecule has 0 fully saturated rings. The molecule has 2 heterocycles. The van der Waals surface area contributed by atoms with Crippen molar-refractivity contribution in [2.75, 3.05) is 0 Å². The maximum Gasteiger partial charge on any atom is 0.0596 e. The summed E-state index contributed by atoms with van der Waals surface area (Å²) in [4.78, 5) is 0. The van der Waals surface area contributed by atoms with Gasteiger partial charge in [-0.1, -0.05) is 22.6 Å². The third-order valence-corrected chi connectivity index (χ3v) is 3.48. The van der Waals surface area contributed by atoms with Crippen LogP contribution in [0.1, 0.15) is 31.2 Å². The van der Waals surface area contributed by atoms with E-state index < -0.39 is 0 Å². The Balaban J connectivity index is 2.33. The molecule has 1 aromatic heterocycles. The van der Waals surface area contributed by atoms with Gasteiger partial charge in [0.15, 0.2) is 0 Å². The van der Waals surface area contributed by atoms with E-state index >= 15 is 0 Å². The minimum atomic E-state index is 0.390. The van der Waals surface area contributed by atoms with Gasteiger partial charge in [0, 0.05) is 9.12 Å². The molecule has 3 heteroatoms. The Bertz CT molecular complexity index is 315. The maximum atomic E-state index is 4.52. The van der Waals surface area contributed by atoms with Gasteiger partial charge in [-0.05, 0) is 39.2 Å². The zero-order valence-electron chi connectivity index (χ0n) is 8.18. The molecule has 2 rings (SSSR count). The minimum absolute atomic E-state index is 0.390. The Labute approximate surface area is 92.8 Å². The van der Waals surface area contributed by atoms with Crippen LogP contribution in [-0.4, -0.2) is 13.2 Å². The minimum Gasteiger partial charge on any atom is -0.268 e. The van der Waals surface area contributed by atoms with Crippen molar-refractivity contribution in [3.63, 3.8) is 0 Å². The molecule has 1 atom stereocenters. The van der Waals surface area contributed by atoms with Crippen LogP contribution in [0.25, 0.3) is 0 Å². The topological polar surface area (TPSA) is 17.8 Å². The van der Waals surface area contributed by atoms with E-state index in [1.54, 1.807) is 0 Å². The smallest absolute Gasteiger partial charge is 0.0596 e. The highest BCUT2D eigenvalue weighted by atomic mass is 127. The van der Waals surface area contributed by atoms with Crippen molar-refractivity contribution in [1.29, 1.82) is 0 Å². The van der Waals surface area contributed by atoms with Crippen LogP contribution >= 0.6 is 22.6 Å². The van der Waals surface area contributed by atoms with E-state index in [-0.39, 0.29) is 0 Å². The summed E-state index contributed by atoms with van der Waals surface area (Å²) >= 11 is 2.56. The second-order valence-electron chi connectivity index (χ2n) is 4.20. The number of nitrogens with zero attached hydrogens (tertiary/aromatic N) is 2. The summed E-state index contributed by atoms with van der Waals surface area (Å²) in [7, 11) is 0. The lowest BCUT2D eigenvalue weighted by atomic mass is 10.1. The van der Waals surface area contributed by atoms with Gasteiger partial charge in [0.05, 0.1) is 12.2 Å². The van der Waals surface area contributed by atoms with Gasteiger partial charge in [-0.2, -0.15) is 5.10 Å². The highest BCUT2D eigenvalue weighted by Crippen LogP contribution is 2.30. The number of halogens is 1. The van der Waals surface area contributed by atoms with Crippen LogP contribution in [-0.2, 0) is 13.0 Å². The average molecular weight is 290 g/mol. The Morgan fingerprint density at radius 1 is 1.62 bits per heavy atom. The number of alkyl halides is 1. The van der Waals surface area contributed by atoms with Crippen molar-refractivity contribution in [1.82, 2.24) is 9.78 Å². The average Bonchev–Trinajstić information content (AvgIpc) is 2.23. The summed E-state index contributed by atoms with van der Waals surface area (Å²) < 4.78 is 2.58. The number of rotatable bonds is 0. The van der Waals surface area contributed by atoms with E-state index in [2.05, 4.69) is 52.3 Å². The summed E-state index contributed by atoms with van der Waals surface area (Å²) in [5.74, 6) is 0. The number of hydrogen-bond acceptors (Lipinski definition) is 1. The van der Waals surface area contributed by atoms with Gasteiger partial charge in [-0.15, -0.1) is 0 Å². The lowest BCUT2D eigenvalue weighted by molar-refractivity contribution is 0.499. The van der Waals surface area contributed by atoms with Crippen molar-refractivity contribution in [2.45, 2.75) is 43.1 Å². The summed E-state index contributed by atoms with van der Waals surface area (Å²) in [6.45, 7) is 5.46. The van der Waals surface area contributed by atoms with Gasteiger partial charge in [0.1, 0.15) is 0 Å². The fourth-order valence-corrected chi connectivity index (χ4v) is 2.67. The molecule has 1 aromatic rings. The second kappa shape index (κ2) is 3.26. The van der Waals surface area contributed by atoms with Crippen molar-refractivity contribution in [2.24, 2.45) is 0 Å². The third-order valence-electron chi connectivity index (χ3n) is 2.60. The molecular weight excluding hydrogens is 275 g/mol. The summed E-state index contributed by atoms with van der Waals surface area (Å²) in [6, 6.07) is 2.22. The number of fused-ring (bicyclic) bond motifs is 1. The predicted octanol–water partition coefficient (Wildman–Crippen LogP) is 2.72. The van der Waals surface area contributed by atoms with Crippen molar-refractivity contribution < 1.29 is 0 Å². The van der Waals surface area contributed by atoms with Crippen LogP contribution in [0.3, 0.4) is 0 Å². The Hall–Kier alpha value is -0.0600. The lowest BCUT2D eigenvalue weighted by Gasteiger charge is -2.19. The Morgan fingerprint density at radius 2 is 2.38 bits per heavy atom. The van der Waals surface area contributed by atoms with E-state index in [1.807, 2.05) is 0 Å². The second-order valence-corrected chi connectivity index (χ2v) is 6.81. The molecule has 0 spiro atoms. The number of aryl methyl sites for hydroxylation is 2. The van der Waals surface area contributed by atoms with Gasteiger partial charge in [-0.25, -0.2) is 0 Å². The first kappa shape index (κ1) is 9.49. The monoisotopic (exact) mass is 290 g/mol. The largest absolute Gasteiger partial charge is 0.268 e. The van der Waals surface area contributed by atoms with Gasteiger partial charge in [-0.3, -0.25) is 4.68 Å².